The summed E-state index contributed by atoms with van der Waals surface area (Å²) >= 11 is 3.72. The Morgan fingerprint density at radius 2 is 1.72 bits per heavy atom. The number of carbonyl (C=O) groups is 1. The number of hydrogen-bond acceptors (Lipinski definition) is 2. The van der Waals surface area contributed by atoms with E-state index in [0.29, 0.717) is 5.92 Å². The molecule has 6 heteroatoms. The minimum atomic E-state index is -0.411. The summed E-state index contributed by atoms with van der Waals surface area (Å²) in [5.74, 6) is 0.842. The zero-order chi connectivity index (χ0) is 23.0. The molecule has 32 heavy (non-hydrogen) atoms. The van der Waals surface area contributed by atoms with E-state index in [0.717, 1.165) is 45.2 Å². The van der Waals surface area contributed by atoms with Crippen molar-refractivity contribution in [2.45, 2.75) is 71.4 Å². The zero-order valence-corrected chi connectivity index (χ0v) is 21.0. The Kier molecular flexibility index (Phi) is 6.61. The molecule has 1 aliphatic rings. The Morgan fingerprint density at radius 1 is 1.09 bits per heavy atom. The molecule has 0 bridgehead atoms. The summed E-state index contributed by atoms with van der Waals surface area (Å²) in [5, 5.41) is 1.04. The topological polar surface area (TPSA) is 64.2 Å². The third kappa shape index (κ3) is 4.05. The number of nitrogens with two attached hydrogens (primary N) is 1. The van der Waals surface area contributed by atoms with Crippen molar-refractivity contribution in [2.24, 2.45) is 11.7 Å². The summed E-state index contributed by atoms with van der Waals surface area (Å²) in [4.78, 5) is 19.8. The fraction of sp³-hybridized carbons (Fsp3) is 0.462. The van der Waals surface area contributed by atoms with Gasteiger partial charge in [0.1, 0.15) is 11.8 Å². The number of rotatable bonds is 6. The first kappa shape index (κ1) is 22.8. The van der Waals surface area contributed by atoms with Gasteiger partial charge in [-0.15, -0.1) is 0 Å². The van der Waals surface area contributed by atoms with Crippen LogP contribution in [0.5, 0.6) is 0 Å². The Balaban J connectivity index is 2.00. The van der Waals surface area contributed by atoms with Crippen LogP contribution in [-0.2, 0) is 0 Å². The van der Waals surface area contributed by atoms with Crippen LogP contribution in [0.15, 0.2) is 47.2 Å². The monoisotopic (exact) mass is 496 g/mol. The van der Waals surface area contributed by atoms with Crippen LogP contribution in [-0.4, -0.2) is 15.6 Å². The number of pyridine rings is 1. The van der Waals surface area contributed by atoms with E-state index in [1.807, 2.05) is 17.2 Å². The molecule has 2 N–H and O–H groups in total. The summed E-state index contributed by atoms with van der Waals surface area (Å²) in [6.45, 7) is 8.71. The lowest BCUT2D eigenvalue weighted by molar-refractivity contribution is 0.240. The molecule has 2 aromatic heterocycles. The molecule has 0 radical (unpaired) electrons. The van der Waals surface area contributed by atoms with E-state index in [-0.39, 0.29) is 18.0 Å². The first-order chi connectivity index (χ1) is 15.3. The molecule has 4 rings (SSSR count). The van der Waals surface area contributed by atoms with Crippen LogP contribution in [0.25, 0.3) is 11.0 Å². The maximum Gasteiger partial charge on any atom is 0.321 e. The van der Waals surface area contributed by atoms with E-state index >= 15 is 0 Å². The Bertz CT molecular complexity index is 1090. The van der Waals surface area contributed by atoms with Crippen LogP contribution in [0, 0.1) is 5.92 Å². The van der Waals surface area contributed by atoms with E-state index in [4.69, 9.17) is 10.7 Å². The van der Waals surface area contributed by atoms with Gasteiger partial charge in [-0.2, -0.15) is 0 Å². The second-order valence-electron chi connectivity index (χ2n) is 9.52. The normalized spacial score (nSPS) is 15.7. The summed E-state index contributed by atoms with van der Waals surface area (Å²) < 4.78 is 3.15. The first-order valence-electron chi connectivity index (χ1n) is 11.6. The average Bonchev–Trinajstić information content (AvgIpc) is 3.40. The second kappa shape index (κ2) is 9.26. The summed E-state index contributed by atoms with van der Waals surface area (Å²) in [7, 11) is 0. The summed E-state index contributed by atoms with van der Waals surface area (Å²) in [6.07, 6.45) is 8.14. The maximum absolute atomic E-state index is 13.3. The summed E-state index contributed by atoms with van der Waals surface area (Å²) in [5.41, 5.74) is 10.4. The molecule has 0 spiro atoms. The molecule has 2 amide bonds. The number of hydrogen-bond donors (Lipinski definition) is 1. The minimum absolute atomic E-state index is 0.226. The SMILES string of the molecule is CC(C)c1cccc(C(C)C)c1N(C(N)=O)C(C1CCCC1)n1cc(Br)c2cccnc21. The highest BCUT2D eigenvalue weighted by Gasteiger charge is 2.37. The van der Waals surface area contributed by atoms with Crippen LogP contribution < -0.4 is 10.6 Å². The predicted molar refractivity (Wildman–Crippen MR) is 135 cm³/mol. The van der Waals surface area contributed by atoms with Crippen LogP contribution in [0.2, 0.25) is 0 Å². The van der Waals surface area contributed by atoms with Crippen LogP contribution >= 0.6 is 15.9 Å². The van der Waals surface area contributed by atoms with Gasteiger partial charge in [-0.25, -0.2) is 9.78 Å². The van der Waals surface area contributed by atoms with Gasteiger partial charge in [-0.3, -0.25) is 4.90 Å². The van der Waals surface area contributed by atoms with E-state index in [9.17, 15) is 4.79 Å². The number of para-hydroxylation sites is 1. The highest BCUT2D eigenvalue weighted by atomic mass is 79.9. The van der Waals surface area contributed by atoms with E-state index in [1.54, 1.807) is 0 Å². The Morgan fingerprint density at radius 3 is 2.28 bits per heavy atom. The zero-order valence-electron chi connectivity index (χ0n) is 19.4. The molecule has 3 aromatic rings. The average molecular weight is 497 g/mol. The Labute approximate surface area is 199 Å². The van der Waals surface area contributed by atoms with Gasteiger partial charge in [0.2, 0.25) is 0 Å². The molecule has 1 saturated carbocycles. The molecule has 0 saturated heterocycles. The molecular weight excluding hydrogens is 464 g/mol. The standard InChI is InChI=1S/C26H33BrN4O/c1-16(2)19-11-7-12-20(17(3)4)23(19)31(26(28)32)25(18-9-5-6-10-18)30-15-22(27)21-13-8-14-29-24(21)30/h7-8,11-18,25H,5-6,9-10H2,1-4H3,(H2,28,32). The van der Waals surface area contributed by atoms with Crippen molar-refractivity contribution in [3.8, 4) is 0 Å². The van der Waals surface area contributed by atoms with Crippen LogP contribution in [0.4, 0.5) is 10.5 Å². The van der Waals surface area contributed by atoms with Gasteiger partial charge >= 0.3 is 6.03 Å². The molecule has 0 aliphatic heterocycles. The fourth-order valence-electron chi connectivity index (χ4n) is 5.22. The van der Waals surface area contributed by atoms with Crippen molar-refractivity contribution >= 4 is 38.7 Å². The molecule has 1 fully saturated rings. The van der Waals surface area contributed by atoms with E-state index < -0.39 is 6.03 Å². The van der Waals surface area contributed by atoms with Crippen molar-refractivity contribution in [3.63, 3.8) is 0 Å². The minimum Gasteiger partial charge on any atom is -0.351 e. The lowest BCUT2D eigenvalue weighted by atomic mass is 9.90. The van der Waals surface area contributed by atoms with Gasteiger partial charge in [0.25, 0.3) is 0 Å². The third-order valence-electron chi connectivity index (χ3n) is 6.73. The third-order valence-corrected chi connectivity index (χ3v) is 7.36. The number of carbonyl (C=O) groups excluding carboxylic acids is 1. The predicted octanol–water partition coefficient (Wildman–Crippen LogP) is 7.32. The van der Waals surface area contributed by atoms with Gasteiger partial charge in [0.15, 0.2) is 0 Å². The highest BCUT2D eigenvalue weighted by Crippen LogP contribution is 2.45. The second-order valence-corrected chi connectivity index (χ2v) is 10.4. The molecule has 1 unspecified atom stereocenters. The van der Waals surface area contributed by atoms with Crippen LogP contribution in [0.3, 0.4) is 0 Å². The molecule has 1 aromatic carbocycles. The number of anilines is 1. The van der Waals surface area contributed by atoms with Gasteiger partial charge in [0, 0.05) is 22.3 Å². The largest absolute Gasteiger partial charge is 0.351 e. The Hall–Kier alpha value is -2.34. The van der Waals surface area contributed by atoms with Crippen molar-refractivity contribution in [3.05, 3.63) is 58.3 Å². The first-order valence-corrected chi connectivity index (χ1v) is 12.4. The maximum atomic E-state index is 13.3. The van der Waals surface area contributed by atoms with Crippen molar-refractivity contribution < 1.29 is 4.79 Å². The molecule has 1 atom stereocenters. The van der Waals surface area contributed by atoms with Gasteiger partial charge in [-0.05, 0) is 69.8 Å². The number of amides is 2. The molecule has 5 nitrogen and oxygen atoms in total. The number of nitrogens with zero attached hydrogens (tertiary/aromatic N) is 3. The van der Waals surface area contributed by atoms with Gasteiger partial charge in [0.05, 0.1) is 5.69 Å². The van der Waals surface area contributed by atoms with Gasteiger partial charge in [-0.1, -0.05) is 58.7 Å². The number of aromatic nitrogens is 2. The van der Waals surface area contributed by atoms with E-state index in [1.165, 1.54) is 12.8 Å². The number of fused-ring (bicyclic) bond motifs is 1. The smallest absolute Gasteiger partial charge is 0.321 e. The van der Waals surface area contributed by atoms with Crippen LogP contribution in [0.1, 0.15) is 82.5 Å². The number of urea groups is 1. The van der Waals surface area contributed by atoms with E-state index in [2.05, 4.69) is 78.7 Å². The molecular formula is C26H33BrN4O. The van der Waals surface area contributed by atoms with Crippen molar-refractivity contribution in [1.82, 2.24) is 9.55 Å². The number of benzene rings is 1. The van der Waals surface area contributed by atoms with Crippen molar-refractivity contribution in [2.75, 3.05) is 4.90 Å². The lowest BCUT2D eigenvalue weighted by Gasteiger charge is -2.39. The van der Waals surface area contributed by atoms with Crippen molar-refractivity contribution in [1.29, 1.82) is 0 Å². The molecule has 2 heterocycles. The van der Waals surface area contributed by atoms with Gasteiger partial charge < -0.3 is 10.3 Å². The number of halogens is 1. The lowest BCUT2D eigenvalue weighted by Crippen LogP contribution is -2.45. The molecule has 1 aliphatic carbocycles. The molecule has 170 valence electrons. The quantitative estimate of drug-likeness (QED) is 0.388. The summed E-state index contributed by atoms with van der Waals surface area (Å²) in [6, 6.07) is 9.96. The fourth-order valence-corrected chi connectivity index (χ4v) is 5.75. The number of primary amides is 1. The highest BCUT2D eigenvalue weighted by molar-refractivity contribution is 9.10.